The number of likely N-dealkylation sites (tertiary alicyclic amines) is 1. The third-order valence-corrected chi connectivity index (χ3v) is 7.51. The topological polar surface area (TPSA) is 53.7 Å². The second kappa shape index (κ2) is 8.98. The first-order chi connectivity index (χ1) is 15.9. The van der Waals surface area contributed by atoms with Crippen molar-refractivity contribution in [3.63, 3.8) is 0 Å². The molecule has 2 aliphatic rings. The van der Waals surface area contributed by atoms with Crippen LogP contribution in [0.5, 0.6) is 0 Å². The quantitative estimate of drug-likeness (QED) is 0.527. The molecular weight excluding hydrogens is 434 g/mol. The minimum absolute atomic E-state index is 0.129. The van der Waals surface area contributed by atoms with Gasteiger partial charge in [0.05, 0.1) is 5.69 Å². The molecule has 2 aromatic heterocycles. The van der Waals surface area contributed by atoms with Crippen LogP contribution in [0.2, 0.25) is 5.02 Å². The molecule has 1 atom stereocenters. The number of aryl methyl sites for hydroxylation is 2. The fourth-order valence-electron chi connectivity index (χ4n) is 5.42. The first-order valence-corrected chi connectivity index (χ1v) is 12.5. The Morgan fingerprint density at radius 3 is 2.45 bits per heavy atom. The number of carbonyl (C=O) groups excluding carboxylic acids is 1. The lowest BCUT2D eigenvalue weighted by Gasteiger charge is -2.39. The number of anilines is 1. The van der Waals surface area contributed by atoms with Crippen LogP contribution in [0.4, 0.5) is 5.82 Å². The zero-order valence-electron chi connectivity index (χ0n) is 19.7. The van der Waals surface area contributed by atoms with E-state index in [-0.39, 0.29) is 5.92 Å². The molecule has 1 amide bonds. The second-order valence-corrected chi connectivity index (χ2v) is 10.0. The van der Waals surface area contributed by atoms with Gasteiger partial charge in [-0.2, -0.15) is 9.61 Å². The van der Waals surface area contributed by atoms with Crippen LogP contribution in [-0.4, -0.2) is 51.1 Å². The van der Waals surface area contributed by atoms with Gasteiger partial charge in [-0.05, 0) is 70.6 Å². The van der Waals surface area contributed by atoms with E-state index in [1.807, 2.05) is 42.6 Å². The van der Waals surface area contributed by atoms with E-state index in [9.17, 15) is 4.79 Å². The number of aromatic nitrogens is 3. The monoisotopic (exact) mass is 465 g/mol. The van der Waals surface area contributed by atoms with E-state index in [0.29, 0.717) is 17.0 Å². The summed E-state index contributed by atoms with van der Waals surface area (Å²) in [5.74, 6) is 1.54. The largest absolute Gasteiger partial charge is 0.356 e. The number of fused-ring (bicyclic) bond motifs is 1. The Kier molecular flexibility index (Phi) is 6.04. The highest BCUT2D eigenvalue weighted by atomic mass is 35.5. The van der Waals surface area contributed by atoms with Crippen molar-refractivity contribution in [1.29, 1.82) is 0 Å². The van der Waals surface area contributed by atoms with Gasteiger partial charge in [-0.1, -0.05) is 23.7 Å². The molecule has 0 aliphatic carbocycles. The summed E-state index contributed by atoms with van der Waals surface area (Å²) >= 11 is 6.10. The third kappa shape index (κ3) is 4.21. The summed E-state index contributed by atoms with van der Waals surface area (Å²) in [6.45, 7) is 8.89. The van der Waals surface area contributed by atoms with Crippen LogP contribution in [-0.2, 0) is 4.79 Å². The first kappa shape index (κ1) is 22.2. The molecule has 7 heteroatoms. The molecule has 0 bridgehead atoms. The number of halogens is 1. The lowest BCUT2D eigenvalue weighted by Crippen LogP contribution is -2.48. The van der Waals surface area contributed by atoms with Gasteiger partial charge in [0.2, 0.25) is 5.91 Å². The number of rotatable bonds is 3. The predicted molar refractivity (Wildman–Crippen MR) is 133 cm³/mol. The molecule has 0 radical (unpaired) electrons. The molecule has 4 heterocycles. The van der Waals surface area contributed by atoms with Crippen molar-refractivity contribution in [3.8, 4) is 11.1 Å². The smallest absolute Gasteiger partial charge is 0.226 e. The molecule has 3 aromatic rings. The average Bonchev–Trinajstić information content (AvgIpc) is 3.14. The van der Waals surface area contributed by atoms with Gasteiger partial charge in [-0.25, -0.2) is 4.98 Å². The summed E-state index contributed by atoms with van der Waals surface area (Å²) in [6.07, 6.45) is 5.28. The van der Waals surface area contributed by atoms with Gasteiger partial charge >= 0.3 is 0 Å². The van der Waals surface area contributed by atoms with E-state index in [2.05, 4.69) is 22.8 Å². The summed E-state index contributed by atoms with van der Waals surface area (Å²) in [4.78, 5) is 22.5. The lowest BCUT2D eigenvalue weighted by atomic mass is 9.93. The molecule has 2 fully saturated rings. The van der Waals surface area contributed by atoms with Gasteiger partial charge in [0.25, 0.3) is 0 Å². The highest BCUT2D eigenvalue weighted by molar-refractivity contribution is 6.30. The highest BCUT2D eigenvalue weighted by Gasteiger charge is 2.32. The van der Waals surface area contributed by atoms with Gasteiger partial charge < -0.3 is 9.80 Å². The van der Waals surface area contributed by atoms with Crippen molar-refractivity contribution >= 4 is 29.0 Å². The van der Waals surface area contributed by atoms with Gasteiger partial charge in [-0.3, -0.25) is 4.79 Å². The maximum Gasteiger partial charge on any atom is 0.226 e. The standard InChI is InChI=1S/C26H32ClN5O/c1-17-16-23(30-14-11-21(12-15-30)26(33)31-13-5-4-6-18(31)2)32-25(28-17)24(19(3)29-32)20-7-9-22(27)10-8-20/h7-10,16,18,21H,4-6,11-15H2,1-3H3/t18-/m1/s1. The van der Waals surface area contributed by atoms with E-state index in [1.54, 1.807) is 0 Å². The molecule has 2 aliphatic heterocycles. The van der Waals surface area contributed by atoms with Crippen molar-refractivity contribution in [1.82, 2.24) is 19.5 Å². The second-order valence-electron chi connectivity index (χ2n) is 9.60. The molecule has 6 nitrogen and oxygen atoms in total. The average molecular weight is 466 g/mol. The lowest BCUT2D eigenvalue weighted by molar-refractivity contribution is -0.139. The summed E-state index contributed by atoms with van der Waals surface area (Å²) < 4.78 is 1.97. The number of hydrogen-bond acceptors (Lipinski definition) is 4. The maximum absolute atomic E-state index is 13.2. The number of benzene rings is 1. The number of hydrogen-bond donors (Lipinski definition) is 0. The van der Waals surface area contributed by atoms with E-state index in [4.69, 9.17) is 21.7 Å². The van der Waals surface area contributed by atoms with Crippen molar-refractivity contribution in [2.24, 2.45) is 5.92 Å². The predicted octanol–water partition coefficient (Wildman–Crippen LogP) is 5.28. The summed E-state index contributed by atoms with van der Waals surface area (Å²) in [5.41, 5.74) is 4.88. The van der Waals surface area contributed by atoms with Crippen molar-refractivity contribution in [2.75, 3.05) is 24.5 Å². The van der Waals surface area contributed by atoms with E-state index >= 15 is 0 Å². The van der Waals surface area contributed by atoms with Crippen LogP contribution in [0.3, 0.4) is 0 Å². The van der Waals surface area contributed by atoms with Crippen LogP contribution in [0, 0.1) is 19.8 Å². The number of carbonyl (C=O) groups is 1. The molecule has 174 valence electrons. The first-order valence-electron chi connectivity index (χ1n) is 12.1. The van der Waals surface area contributed by atoms with Crippen molar-refractivity contribution in [2.45, 2.75) is 58.9 Å². The SMILES string of the molecule is Cc1cc(N2CCC(C(=O)N3CCCC[C@H]3C)CC2)n2nc(C)c(-c3ccc(Cl)cc3)c2n1. The van der Waals surface area contributed by atoms with Crippen LogP contribution in [0.25, 0.3) is 16.8 Å². The van der Waals surface area contributed by atoms with E-state index in [1.165, 1.54) is 6.42 Å². The Hall–Kier alpha value is -2.60. The maximum atomic E-state index is 13.2. The Bertz CT molecular complexity index is 1160. The molecule has 2 saturated heterocycles. The summed E-state index contributed by atoms with van der Waals surface area (Å²) in [7, 11) is 0. The van der Waals surface area contributed by atoms with Gasteiger partial charge in [0.1, 0.15) is 5.82 Å². The highest BCUT2D eigenvalue weighted by Crippen LogP contribution is 2.33. The molecule has 0 saturated carbocycles. The minimum atomic E-state index is 0.129. The zero-order valence-corrected chi connectivity index (χ0v) is 20.5. The van der Waals surface area contributed by atoms with Crippen LogP contribution in [0.15, 0.2) is 30.3 Å². The number of nitrogens with zero attached hydrogens (tertiary/aromatic N) is 5. The Labute approximate surface area is 200 Å². The number of amides is 1. The Morgan fingerprint density at radius 1 is 1.03 bits per heavy atom. The molecule has 33 heavy (non-hydrogen) atoms. The third-order valence-electron chi connectivity index (χ3n) is 7.26. The molecular formula is C26H32ClN5O. The van der Waals surface area contributed by atoms with Crippen molar-refractivity contribution in [3.05, 3.63) is 46.7 Å². The fraction of sp³-hybridized carbons (Fsp3) is 0.500. The Morgan fingerprint density at radius 2 is 1.76 bits per heavy atom. The van der Waals surface area contributed by atoms with Gasteiger partial charge in [-0.15, -0.1) is 0 Å². The van der Waals surface area contributed by atoms with E-state index in [0.717, 1.165) is 79.3 Å². The van der Waals surface area contributed by atoms with Gasteiger partial charge in [0.15, 0.2) is 5.65 Å². The number of piperidine rings is 2. The van der Waals surface area contributed by atoms with Gasteiger partial charge in [0, 0.05) is 53.9 Å². The van der Waals surface area contributed by atoms with E-state index < -0.39 is 0 Å². The van der Waals surface area contributed by atoms with Crippen molar-refractivity contribution < 1.29 is 4.79 Å². The molecule has 0 N–H and O–H groups in total. The molecule has 0 spiro atoms. The molecule has 1 aromatic carbocycles. The molecule has 0 unspecified atom stereocenters. The Balaban J connectivity index is 1.40. The zero-order chi connectivity index (χ0) is 23.1. The normalized spacial score (nSPS) is 19.9. The summed E-state index contributed by atoms with van der Waals surface area (Å²) in [5, 5.41) is 5.59. The van der Waals surface area contributed by atoms with Crippen LogP contribution >= 0.6 is 11.6 Å². The fourth-order valence-corrected chi connectivity index (χ4v) is 5.55. The molecule has 5 rings (SSSR count). The minimum Gasteiger partial charge on any atom is -0.356 e. The van der Waals surface area contributed by atoms with Crippen LogP contribution < -0.4 is 4.90 Å². The van der Waals surface area contributed by atoms with Crippen LogP contribution in [0.1, 0.15) is 50.4 Å². The summed E-state index contributed by atoms with van der Waals surface area (Å²) in [6, 6.07) is 10.3.